The highest BCUT2D eigenvalue weighted by atomic mass is 17.2. The third-order valence-corrected chi connectivity index (χ3v) is 3.86. The van der Waals surface area contributed by atoms with Crippen LogP contribution in [0.3, 0.4) is 0 Å². The van der Waals surface area contributed by atoms with Crippen molar-refractivity contribution < 1.29 is 29.0 Å². The van der Waals surface area contributed by atoms with Gasteiger partial charge in [-0.1, -0.05) is 14.9 Å². The van der Waals surface area contributed by atoms with Crippen LogP contribution in [0.25, 0.3) is 0 Å². The molecule has 0 saturated carbocycles. The molecule has 0 N–H and O–H groups in total. The Hall–Kier alpha value is -3.94. The Kier molecular flexibility index (Phi) is 13.4. The van der Waals surface area contributed by atoms with Crippen molar-refractivity contribution in [3.8, 4) is 0 Å². The monoisotopic (exact) mass is 444 g/mol. The Morgan fingerprint density at radius 1 is 0.594 bits per heavy atom. The smallest absolute Gasteiger partial charge is 0.378 e. The number of ketones is 2. The minimum absolute atomic E-state index is 0. The van der Waals surface area contributed by atoms with Gasteiger partial charge in [-0.05, 0) is 48.5 Å². The Bertz CT molecular complexity index is 828. The Labute approximate surface area is 190 Å². The number of benzene rings is 2. The van der Waals surface area contributed by atoms with Gasteiger partial charge >= 0.3 is 11.9 Å². The van der Waals surface area contributed by atoms with Crippen LogP contribution in [0, 0.1) is 0 Å². The highest BCUT2D eigenvalue weighted by molar-refractivity contribution is 6.42. The quantitative estimate of drug-likeness (QED) is 0.217. The van der Waals surface area contributed by atoms with E-state index in [1.54, 1.807) is 24.3 Å². The molecule has 0 bridgehead atoms. The highest BCUT2D eigenvalue weighted by Crippen LogP contribution is 2.14. The summed E-state index contributed by atoms with van der Waals surface area (Å²) in [5, 5.41) is 0. The van der Waals surface area contributed by atoms with Crippen molar-refractivity contribution in [3.63, 3.8) is 0 Å². The normalized spacial score (nSPS) is 8.88. The molecule has 0 fully saturated rings. The van der Waals surface area contributed by atoms with Crippen LogP contribution in [0.4, 0.5) is 11.4 Å². The molecule has 0 atom stereocenters. The van der Waals surface area contributed by atoms with Crippen molar-refractivity contribution in [1.82, 2.24) is 0 Å². The highest BCUT2D eigenvalue weighted by Gasteiger charge is 2.25. The number of Topliss-reactive ketones (excluding diaryl/α,β-unsaturated/α-hetero) is 2. The maximum absolute atomic E-state index is 12.0. The summed E-state index contributed by atoms with van der Waals surface area (Å²) in [5.74, 6) is -4.80. The molecule has 0 heterocycles. The summed E-state index contributed by atoms with van der Waals surface area (Å²) in [7, 11) is 7.32. The fourth-order valence-corrected chi connectivity index (χ4v) is 2.21. The van der Waals surface area contributed by atoms with Crippen LogP contribution in [0.5, 0.6) is 0 Å². The van der Waals surface area contributed by atoms with Gasteiger partial charge in [0.05, 0.1) is 0 Å². The Balaban J connectivity index is 0. The SMILES string of the molecule is C.C.C=C.CN(C)c1ccc(C(=O)C(=O)OOC(=O)C(=O)c2ccc(N(C)C)cc2)cc1. The van der Waals surface area contributed by atoms with Gasteiger partial charge in [0.15, 0.2) is 0 Å². The zero-order valence-electron chi connectivity index (χ0n) is 17.4. The molecule has 0 saturated heterocycles. The maximum Gasteiger partial charge on any atom is 0.426 e. The summed E-state index contributed by atoms with van der Waals surface area (Å²) in [5.41, 5.74) is 1.80. The zero-order valence-corrected chi connectivity index (χ0v) is 17.4. The first kappa shape index (κ1) is 30.3. The summed E-state index contributed by atoms with van der Waals surface area (Å²) in [6, 6.07) is 12.4. The van der Waals surface area contributed by atoms with E-state index in [1.165, 1.54) is 24.3 Å². The molecule has 0 radical (unpaired) electrons. The van der Waals surface area contributed by atoms with E-state index in [0.29, 0.717) is 0 Å². The molecule has 2 aromatic rings. The van der Waals surface area contributed by atoms with Crippen LogP contribution >= 0.6 is 0 Å². The van der Waals surface area contributed by atoms with Crippen molar-refractivity contribution in [1.29, 1.82) is 0 Å². The first-order valence-corrected chi connectivity index (χ1v) is 8.77. The first-order chi connectivity index (χ1) is 14.2. The number of hydrogen-bond donors (Lipinski definition) is 0. The standard InChI is InChI=1S/C20H20N2O6.C2H4.2CH4/c1-21(2)15-9-5-13(6-10-15)17(23)19(25)27-28-20(26)18(24)14-7-11-16(12-8-14)22(3)4;1-2;;/h5-12H,1-4H3;1-2H2;2*1H4. The van der Waals surface area contributed by atoms with Crippen LogP contribution in [0.2, 0.25) is 0 Å². The van der Waals surface area contributed by atoms with Gasteiger partial charge in [0.2, 0.25) is 0 Å². The van der Waals surface area contributed by atoms with E-state index in [0.717, 1.165) is 11.4 Å². The predicted molar refractivity (Wildman–Crippen MR) is 127 cm³/mol. The fraction of sp³-hybridized carbons (Fsp3) is 0.250. The molecular weight excluding hydrogens is 412 g/mol. The van der Waals surface area contributed by atoms with E-state index in [1.807, 2.05) is 38.0 Å². The molecule has 0 aliphatic rings. The minimum atomic E-state index is -1.40. The van der Waals surface area contributed by atoms with Gasteiger partial charge in [-0.25, -0.2) is 19.4 Å². The van der Waals surface area contributed by atoms with Gasteiger partial charge in [0.1, 0.15) is 0 Å². The van der Waals surface area contributed by atoms with Gasteiger partial charge in [-0.15, -0.1) is 13.2 Å². The molecule has 0 amide bonds. The topological polar surface area (TPSA) is 93.2 Å². The van der Waals surface area contributed by atoms with Crippen molar-refractivity contribution in [2.45, 2.75) is 14.9 Å². The molecule has 32 heavy (non-hydrogen) atoms. The lowest BCUT2D eigenvalue weighted by Crippen LogP contribution is -2.24. The molecule has 2 aromatic carbocycles. The predicted octanol–water partition coefficient (Wildman–Crippen LogP) is 3.96. The van der Waals surface area contributed by atoms with E-state index in [2.05, 4.69) is 22.9 Å². The van der Waals surface area contributed by atoms with Crippen molar-refractivity contribution in [2.24, 2.45) is 0 Å². The molecule has 174 valence electrons. The van der Waals surface area contributed by atoms with E-state index < -0.39 is 23.5 Å². The largest absolute Gasteiger partial charge is 0.426 e. The molecule has 8 heteroatoms. The second kappa shape index (κ2) is 14.1. The lowest BCUT2D eigenvalue weighted by molar-refractivity contribution is -0.249. The zero-order chi connectivity index (χ0) is 22.8. The van der Waals surface area contributed by atoms with Crippen LogP contribution in [0.15, 0.2) is 61.7 Å². The lowest BCUT2D eigenvalue weighted by atomic mass is 10.1. The third kappa shape index (κ3) is 8.06. The fourth-order valence-electron chi connectivity index (χ4n) is 2.21. The van der Waals surface area contributed by atoms with Crippen LogP contribution in [0.1, 0.15) is 35.6 Å². The van der Waals surface area contributed by atoms with Crippen LogP contribution < -0.4 is 9.80 Å². The van der Waals surface area contributed by atoms with E-state index in [9.17, 15) is 19.2 Å². The third-order valence-electron chi connectivity index (χ3n) is 3.86. The average molecular weight is 445 g/mol. The summed E-state index contributed by atoms with van der Waals surface area (Å²) in [6.45, 7) is 6.00. The summed E-state index contributed by atoms with van der Waals surface area (Å²) < 4.78 is 0. The van der Waals surface area contributed by atoms with Gasteiger partial charge in [-0.3, -0.25) is 9.59 Å². The Morgan fingerprint density at radius 2 is 0.844 bits per heavy atom. The van der Waals surface area contributed by atoms with Gasteiger partial charge in [0.25, 0.3) is 11.6 Å². The second-order valence-electron chi connectivity index (χ2n) is 6.28. The number of carbonyl (C=O) groups is 4. The second-order valence-corrected chi connectivity index (χ2v) is 6.28. The first-order valence-electron chi connectivity index (χ1n) is 8.77. The van der Waals surface area contributed by atoms with Gasteiger partial charge in [0, 0.05) is 50.7 Å². The van der Waals surface area contributed by atoms with Crippen molar-refractivity contribution >= 4 is 34.9 Å². The lowest BCUT2D eigenvalue weighted by Gasteiger charge is -2.12. The molecule has 0 unspecified atom stereocenters. The molecule has 0 aliphatic carbocycles. The molecule has 0 aromatic heterocycles. The van der Waals surface area contributed by atoms with E-state index in [4.69, 9.17) is 0 Å². The summed E-state index contributed by atoms with van der Waals surface area (Å²) >= 11 is 0. The Morgan fingerprint density at radius 3 is 1.06 bits per heavy atom. The van der Waals surface area contributed by atoms with Crippen LogP contribution in [-0.2, 0) is 19.4 Å². The van der Waals surface area contributed by atoms with Gasteiger partial charge in [-0.2, -0.15) is 0 Å². The number of carbonyl (C=O) groups excluding carboxylic acids is 4. The summed E-state index contributed by atoms with van der Waals surface area (Å²) in [6.07, 6.45) is 0. The van der Waals surface area contributed by atoms with Crippen molar-refractivity contribution in [2.75, 3.05) is 38.0 Å². The number of hydrogen-bond acceptors (Lipinski definition) is 8. The molecule has 2 rings (SSSR count). The van der Waals surface area contributed by atoms with Crippen LogP contribution in [-0.4, -0.2) is 51.7 Å². The summed E-state index contributed by atoms with van der Waals surface area (Å²) in [4.78, 5) is 59.7. The molecule has 8 nitrogen and oxygen atoms in total. The minimum Gasteiger partial charge on any atom is -0.378 e. The average Bonchev–Trinajstić information content (AvgIpc) is 2.77. The molecular formula is C24H32N2O6. The van der Waals surface area contributed by atoms with Gasteiger partial charge < -0.3 is 9.80 Å². The number of anilines is 2. The van der Waals surface area contributed by atoms with E-state index >= 15 is 0 Å². The number of rotatable bonds is 6. The molecule has 0 spiro atoms. The number of nitrogens with zero attached hydrogens (tertiary/aromatic N) is 2. The van der Waals surface area contributed by atoms with Crippen molar-refractivity contribution in [3.05, 3.63) is 72.8 Å². The maximum atomic E-state index is 12.0. The van der Waals surface area contributed by atoms with E-state index in [-0.39, 0.29) is 26.0 Å². The molecule has 0 aliphatic heterocycles.